The topological polar surface area (TPSA) is 29.1 Å². The molecule has 1 rings (SSSR count). The monoisotopic (exact) mass is 191 g/mol. The molecule has 0 spiro atoms. The van der Waals surface area contributed by atoms with Crippen LogP contribution in [0.3, 0.4) is 0 Å². The van der Waals surface area contributed by atoms with E-state index in [2.05, 4.69) is 26.1 Å². The second kappa shape index (κ2) is 4.24. The highest BCUT2D eigenvalue weighted by molar-refractivity contribution is 5.85. The highest BCUT2D eigenvalue weighted by atomic mass is 35.5. The summed E-state index contributed by atoms with van der Waals surface area (Å²) in [5.74, 6) is 0.378. The fourth-order valence-corrected chi connectivity index (χ4v) is 1.56. The van der Waals surface area contributed by atoms with Crippen LogP contribution in [0.25, 0.3) is 0 Å². The molecule has 0 aliphatic carbocycles. The van der Waals surface area contributed by atoms with E-state index in [0.717, 1.165) is 19.4 Å². The molecule has 2 nitrogen and oxygen atoms in total. The molecule has 72 valence electrons. The summed E-state index contributed by atoms with van der Waals surface area (Å²) in [6, 6.07) is 0.0799. The van der Waals surface area contributed by atoms with Crippen LogP contribution in [0, 0.1) is 5.41 Å². The van der Waals surface area contributed by atoms with Crippen LogP contribution in [0.1, 0.15) is 33.6 Å². The van der Waals surface area contributed by atoms with Crippen LogP contribution < -0.4 is 5.32 Å². The Hall–Kier alpha value is -0.0800. The number of carbonyl (C=O) groups excluding carboxylic acids is 1. The summed E-state index contributed by atoms with van der Waals surface area (Å²) in [5, 5.41) is 3.26. The first-order valence-corrected chi connectivity index (χ1v) is 4.28. The summed E-state index contributed by atoms with van der Waals surface area (Å²) in [4.78, 5) is 11.4. The Morgan fingerprint density at radius 3 is 2.33 bits per heavy atom. The first-order chi connectivity index (χ1) is 5.02. The Bertz CT molecular complexity index is 162. The van der Waals surface area contributed by atoms with E-state index >= 15 is 0 Å². The van der Waals surface area contributed by atoms with Crippen molar-refractivity contribution in [2.24, 2.45) is 5.41 Å². The quantitative estimate of drug-likeness (QED) is 0.633. The third-order valence-electron chi connectivity index (χ3n) is 2.14. The number of hydrogen-bond acceptors (Lipinski definition) is 2. The van der Waals surface area contributed by atoms with Crippen LogP contribution in [0.15, 0.2) is 0 Å². The molecule has 0 aromatic rings. The van der Waals surface area contributed by atoms with Crippen molar-refractivity contribution in [3.05, 3.63) is 0 Å². The molecule has 1 unspecified atom stereocenters. The van der Waals surface area contributed by atoms with Crippen molar-refractivity contribution < 1.29 is 4.79 Å². The Balaban J connectivity index is 0.00000121. The number of ketones is 1. The Morgan fingerprint density at radius 2 is 2.00 bits per heavy atom. The minimum atomic E-state index is 0. The molecule has 0 radical (unpaired) electrons. The van der Waals surface area contributed by atoms with E-state index in [9.17, 15) is 4.79 Å². The zero-order valence-electron chi connectivity index (χ0n) is 8.02. The second-order valence-electron chi connectivity index (χ2n) is 4.32. The maximum absolute atomic E-state index is 11.4. The number of halogens is 1. The van der Waals surface area contributed by atoms with Crippen molar-refractivity contribution in [2.45, 2.75) is 39.7 Å². The van der Waals surface area contributed by atoms with Crippen LogP contribution in [0.2, 0.25) is 0 Å². The first-order valence-electron chi connectivity index (χ1n) is 4.28. The molecule has 0 amide bonds. The van der Waals surface area contributed by atoms with Gasteiger partial charge in [0.15, 0.2) is 0 Å². The fraction of sp³-hybridized carbons (Fsp3) is 0.889. The zero-order valence-corrected chi connectivity index (χ0v) is 8.83. The van der Waals surface area contributed by atoms with Gasteiger partial charge in [-0.25, -0.2) is 0 Å². The van der Waals surface area contributed by atoms with Crippen molar-refractivity contribution in [2.75, 3.05) is 6.54 Å². The maximum atomic E-state index is 11.4. The van der Waals surface area contributed by atoms with Crippen LogP contribution in [0.5, 0.6) is 0 Å². The van der Waals surface area contributed by atoms with Crippen molar-refractivity contribution in [1.82, 2.24) is 5.32 Å². The summed E-state index contributed by atoms with van der Waals surface area (Å²) < 4.78 is 0. The lowest BCUT2D eigenvalue weighted by Crippen LogP contribution is -2.49. The van der Waals surface area contributed by atoms with Crippen molar-refractivity contribution in [3.63, 3.8) is 0 Å². The van der Waals surface area contributed by atoms with Gasteiger partial charge in [-0.3, -0.25) is 4.79 Å². The van der Waals surface area contributed by atoms with E-state index in [1.807, 2.05) is 0 Å². The predicted octanol–water partition coefficient (Wildman–Crippen LogP) is 1.78. The van der Waals surface area contributed by atoms with Gasteiger partial charge in [0.1, 0.15) is 5.78 Å². The minimum Gasteiger partial charge on any atom is -0.307 e. The molecule has 0 aromatic carbocycles. The first kappa shape index (κ1) is 11.9. The smallest absolute Gasteiger partial charge is 0.150 e. The van der Waals surface area contributed by atoms with Gasteiger partial charge in [-0.2, -0.15) is 0 Å². The Kier molecular flexibility index (Phi) is 4.21. The molecule has 3 heteroatoms. The Labute approximate surface area is 80.5 Å². The normalized spacial score (nSPS) is 24.9. The molecule has 1 atom stereocenters. The lowest BCUT2D eigenvalue weighted by Gasteiger charge is -2.33. The third-order valence-corrected chi connectivity index (χ3v) is 2.14. The largest absolute Gasteiger partial charge is 0.307 e. The highest BCUT2D eigenvalue weighted by Gasteiger charge is 2.32. The number of Topliss-reactive ketones (excluding diaryl/α,β-unsaturated/α-hetero) is 1. The van der Waals surface area contributed by atoms with Gasteiger partial charge in [0.25, 0.3) is 0 Å². The molecule has 0 aromatic heterocycles. The van der Waals surface area contributed by atoms with E-state index in [4.69, 9.17) is 0 Å². The molecule has 1 aliphatic rings. The van der Waals surface area contributed by atoms with E-state index in [0.29, 0.717) is 5.78 Å². The van der Waals surface area contributed by atoms with Gasteiger partial charge < -0.3 is 5.32 Å². The minimum absolute atomic E-state index is 0. The molecule has 1 fully saturated rings. The molecule has 0 saturated carbocycles. The zero-order chi connectivity index (χ0) is 8.48. The molecule has 1 aliphatic heterocycles. The molecule has 1 N–H and O–H groups in total. The average Bonchev–Trinajstić information content (AvgIpc) is 1.86. The number of hydrogen-bond donors (Lipinski definition) is 1. The Morgan fingerprint density at radius 1 is 1.42 bits per heavy atom. The summed E-state index contributed by atoms with van der Waals surface area (Å²) in [6.07, 6.45) is 1.76. The predicted molar refractivity (Wildman–Crippen MR) is 52.7 cm³/mol. The molecule has 0 bridgehead atoms. The van der Waals surface area contributed by atoms with Gasteiger partial charge in [-0.1, -0.05) is 20.8 Å². The van der Waals surface area contributed by atoms with E-state index < -0.39 is 0 Å². The summed E-state index contributed by atoms with van der Waals surface area (Å²) in [5.41, 5.74) is 0.0809. The SMILES string of the molecule is CC(C)(C)C1NCCCC1=O.Cl. The molecule has 12 heavy (non-hydrogen) atoms. The van der Waals surface area contributed by atoms with Gasteiger partial charge in [0.2, 0.25) is 0 Å². The van der Waals surface area contributed by atoms with Gasteiger partial charge in [0.05, 0.1) is 6.04 Å². The molecule has 1 saturated heterocycles. The average molecular weight is 192 g/mol. The lowest BCUT2D eigenvalue weighted by atomic mass is 9.81. The van der Waals surface area contributed by atoms with Gasteiger partial charge in [-0.15, -0.1) is 12.4 Å². The van der Waals surface area contributed by atoms with Crippen LogP contribution in [-0.2, 0) is 4.79 Å². The third kappa shape index (κ3) is 2.76. The van der Waals surface area contributed by atoms with Crippen molar-refractivity contribution >= 4 is 18.2 Å². The number of nitrogens with one attached hydrogen (secondary N) is 1. The summed E-state index contributed by atoms with van der Waals surface area (Å²) in [6.45, 7) is 7.31. The summed E-state index contributed by atoms with van der Waals surface area (Å²) >= 11 is 0. The van der Waals surface area contributed by atoms with Crippen LogP contribution >= 0.6 is 12.4 Å². The second-order valence-corrected chi connectivity index (χ2v) is 4.32. The lowest BCUT2D eigenvalue weighted by molar-refractivity contribution is -0.124. The number of piperidine rings is 1. The van der Waals surface area contributed by atoms with Gasteiger partial charge >= 0.3 is 0 Å². The molecule has 1 heterocycles. The molecular weight excluding hydrogens is 174 g/mol. The van der Waals surface area contributed by atoms with E-state index in [-0.39, 0.29) is 23.9 Å². The maximum Gasteiger partial charge on any atom is 0.150 e. The number of carbonyl (C=O) groups is 1. The van der Waals surface area contributed by atoms with Gasteiger partial charge in [0, 0.05) is 6.42 Å². The van der Waals surface area contributed by atoms with Crippen molar-refractivity contribution in [3.8, 4) is 0 Å². The fourth-order valence-electron chi connectivity index (χ4n) is 1.56. The van der Waals surface area contributed by atoms with E-state index in [1.54, 1.807) is 0 Å². The van der Waals surface area contributed by atoms with Crippen molar-refractivity contribution in [1.29, 1.82) is 0 Å². The molecular formula is C9H18ClNO. The van der Waals surface area contributed by atoms with E-state index in [1.165, 1.54) is 0 Å². The van der Waals surface area contributed by atoms with Crippen LogP contribution in [-0.4, -0.2) is 18.4 Å². The summed E-state index contributed by atoms with van der Waals surface area (Å²) in [7, 11) is 0. The standard InChI is InChI=1S/C9H17NO.ClH/c1-9(2,3)8-7(11)5-4-6-10-8;/h8,10H,4-6H2,1-3H3;1H. The van der Waals surface area contributed by atoms with Crippen LogP contribution in [0.4, 0.5) is 0 Å². The highest BCUT2D eigenvalue weighted by Crippen LogP contribution is 2.23. The van der Waals surface area contributed by atoms with Gasteiger partial charge in [-0.05, 0) is 18.4 Å². The number of rotatable bonds is 0.